The predicted octanol–water partition coefficient (Wildman–Crippen LogP) is 7.00. The summed E-state index contributed by atoms with van der Waals surface area (Å²) in [7, 11) is 0. The minimum Gasteiger partial charge on any atom is -0.507 e. The van der Waals surface area contributed by atoms with E-state index in [9.17, 15) is 15.1 Å². The molecule has 0 fully saturated rings. The van der Waals surface area contributed by atoms with Gasteiger partial charge in [0.05, 0.1) is 23.8 Å². The number of aliphatic carboxylic acids is 1. The third-order valence-electron chi connectivity index (χ3n) is 5.82. The normalized spacial score (nSPS) is 11.5. The first-order valence-corrected chi connectivity index (χ1v) is 13.6. The quantitative estimate of drug-likeness (QED) is 0.0668. The van der Waals surface area contributed by atoms with Crippen molar-refractivity contribution in [3.63, 3.8) is 0 Å². The number of thioether (sulfide) groups is 1. The number of rotatable bonds is 14. The molecule has 8 heteroatoms. The molecule has 3 rings (SSSR count). The highest BCUT2D eigenvalue weighted by Gasteiger charge is 2.18. The second kappa shape index (κ2) is 14.5. The van der Waals surface area contributed by atoms with E-state index in [2.05, 4.69) is 5.16 Å². The molecule has 0 aromatic heterocycles. The number of oxime groups is 1. The van der Waals surface area contributed by atoms with Crippen molar-refractivity contribution in [2.75, 3.05) is 12.4 Å². The van der Waals surface area contributed by atoms with E-state index >= 15 is 0 Å². The van der Waals surface area contributed by atoms with Crippen LogP contribution in [0.5, 0.6) is 11.5 Å². The molecule has 0 atom stereocenters. The summed E-state index contributed by atoms with van der Waals surface area (Å²) < 4.78 is 6.03. The van der Waals surface area contributed by atoms with E-state index in [1.807, 2.05) is 49.4 Å². The lowest BCUT2D eigenvalue weighted by atomic mass is 9.97. The Labute approximate surface area is 226 Å². The maximum Gasteiger partial charge on any atom is 0.307 e. The molecule has 0 spiro atoms. The molecule has 0 aliphatic rings. The molecule has 0 saturated carbocycles. The van der Waals surface area contributed by atoms with Crippen molar-refractivity contribution in [1.29, 1.82) is 0 Å². The molecular formula is C29H32ClNO5S. The Bertz CT molecular complexity index is 1220. The number of benzene rings is 3. The zero-order valence-electron chi connectivity index (χ0n) is 20.8. The van der Waals surface area contributed by atoms with E-state index in [0.29, 0.717) is 59.0 Å². The smallest absolute Gasteiger partial charge is 0.307 e. The number of aryl methyl sites for hydroxylation is 1. The highest BCUT2D eigenvalue weighted by Crippen LogP contribution is 2.34. The minimum atomic E-state index is -0.887. The van der Waals surface area contributed by atoms with Gasteiger partial charge < -0.3 is 20.2 Å². The van der Waals surface area contributed by atoms with Gasteiger partial charge in [0.15, 0.2) is 0 Å². The summed E-state index contributed by atoms with van der Waals surface area (Å²) in [6.07, 6.45) is 3.37. The predicted molar refractivity (Wildman–Crippen MR) is 149 cm³/mol. The van der Waals surface area contributed by atoms with Crippen molar-refractivity contribution in [1.82, 2.24) is 0 Å². The van der Waals surface area contributed by atoms with E-state index < -0.39 is 5.97 Å². The van der Waals surface area contributed by atoms with Gasteiger partial charge in [0, 0.05) is 21.8 Å². The summed E-state index contributed by atoms with van der Waals surface area (Å²) in [5.74, 6) is 0.612. The lowest BCUT2D eigenvalue weighted by Crippen LogP contribution is -2.07. The highest BCUT2D eigenvalue weighted by atomic mass is 35.5. The molecule has 37 heavy (non-hydrogen) atoms. The number of halogens is 1. The lowest BCUT2D eigenvalue weighted by molar-refractivity contribution is -0.136. The lowest BCUT2D eigenvalue weighted by Gasteiger charge is -2.16. The number of phenols is 1. The summed E-state index contributed by atoms with van der Waals surface area (Å²) in [5.41, 5.74) is 3.47. The molecule has 0 amide bonds. The summed E-state index contributed by atoms with van der Waals surface area (Å²) in [4.78, 5) is 11.8. The maximum absolute atomic E-state index is 11.0. The summed E-state index contributed by atoms with van der Waals surface area (Å²) in [6, 6.07) is 18.9. The monoisotopic (exact) mass is 541 g/mol. The van der Waals surface area contributed by atoms with E-state index in [1.54, 1.807) is 30.0 Å². The van der Waals surface area contributed by atoms with Gasteiger partial charge in [-0.05, 0) is 61.1 Å². The molecule has 0 aliphatic carbocycles. The van der Waals surface area contributed by atoms with E-state index in [4.69, 9.17) is 21.4 Å². The molecule has 3 aromatic carbocycles. The van der Waals surface area contributed by atoms with Gasteiger partial charge in [0.2, 0.25) is 0 Å². The number of ether oxygens (including phenoxy) is 1. The fourth-order valence-electron chi connectivity index (χ4n) is 3.99. The van der Waals surface area contributed by atoms with Crippen LogP contribution in [0.3, 0.4) is 0 Å². The molecule has 3 aromatic rings. The Morgan fingerprint density at radius 3 is 2.51 bits per heavy atom. The Morgan fingerprint density at radius 2 is 1.84 bits per heavy atom. The van der Waals surface area contributed by atoms with E-state index in [1.165, 1.54) is 0 Å². The van der Waals surface area contributed by atoms with Crippen LogP contribution in [0.15, 0.2) is 70.7 Å². The maximum atomic E-state index is 11.0. The summed E-state index contributed by atoms with van der Waals surface area (Å²) in [6.45, 7) is 2.50. The fraction of sp³-hybridized carbons (Fsp3) is 0.310. The van der Waals surface area contributed by atoms with Crippen molar-refractivity contribution in [3.8, 4) is 11.5 Å². The van der Waals surface area contributed by atoms with Gasteiger partial charge in [-0.1, -0.05) is 66.5 Å². The highest BCUT2D eigenvalue weighted by molar-refractivity contribution is 7.99. The number of nitrogens with zero attached hydrogens (tertiary/aromatic N) is 1. The number of hydrogen-bond acceptors (Lipinski definition) is 6. The van der Waals surface area contributed by atoms with Crippen LogP contribution in [0.4, 0.5) is 0 Å². The second-order valence-corrected chi connectivity index (χ2v) is 10.2. The standard InChI is InChI=1S/C29H32ClNO5S/c1-2-7-23-26(36-16-6-17-37-27-15-11-21(18-24(27)30)19-28(32)33)14-12-22(29(23)34)25(31-35)13-10-20-8-4-3-5-9-20/h3-5,8-9,11-12,14-15,18,34-35H,2,6-7,10,13,16-17,19H2,1H3,(H,32,33)/b31-25-. The minimum absolute atomic E-state index is 0.0527. The molecule has 0 heterocycles. The van der Waals surface area contributed by atoms with Crippen LogP contribution in [0.1, 0.15) is 48.4 Å². The van der Waals surface area contributed by atoms with Crippen LogP contribution < -0.4 is 4.74 Å². The fourth-order valence-corrected chi connectivity index (χ4v) is 5.20. The van der Waals surface area contributed by atoms with Gasteiger partial charge in [0.25, 0.3) is 0 Å². The topological polar surface area (TPSA) is 99.4 Å². The molecule has 0 bridgehead atoms. The zero-order valence-corrected chi connectivity index (χ0v) is 22.4. The molecule has 3 N–H and O–H groups in total. The van der Waals surface area contributed by atoms with Gasteiger partial charge in [0.1, 0.15) is 11.5 Å². The number of carbonyl (C=O) groups is 1. The van der Waals surface area contributed by atoms with Crippen LogP contribution in [-0.2, 0) is 24.1 Å². The van der Waals surface area contributed by atoms with Gasteiger partial charge in [-0.3, -0.25) is 4.79 Å². The van der Waals surface area contributed by atoms with Crippen LogP contribution in [0.2, 0.25) is 5.02 Å². The number of phenolic OH excluding ortho intramolecular Hbond substituents is 1. The number of carboxylic acids is 1. The third kappa shape index (κ3) is 8.44. The molecule has 0 radical (unpaired) electrons. The van der Waals surface area contributed by atoms with Gasteiger partial charge in [-0.25, -0.2) is 0 Å². The van der Waals surface area contributed by atoms with Crippen molar-refractivity contribution in [2.45, 2.75) is 50.3 Å². The van der Waals surface area contributed by atoms with Crippen LogP contribution >= 0.6 is 23.4 Å². The third-order valence-corrected chi connectivity index (χ3v) is 7.40. The van der Waals surface area contributed by atoms with Crippen LogP contribution in [0.25, 0.3) is 0 Å². The molecule has 0 aliphatic heterocycles. The average Bonchev–Trinajstić information content (AvgIpc) is 2.88. The number of hydrogen-bond donors (Lipinski definition) is 3. The van der Waals surface area contributed by atoms with Gasteiger partial charge in [-0.15, -0.1) is 11.8 Å². The van der Waals surface area contributed by atoms with Crippen LogP contribution in [0, 0.1) is 0 Å². The Hall–Kier alpha value is -3.16. The second-order valence-electron chi connectivity index (χ2n) is 8.61. The molecule has 6 nitrogen and oxygen atoms in total. The molecular weight excluding hydrogens is 510 g/mol. The first-order valence-electron chi connectivity index (χ1n) is 12.3. The molecule has 196 valence electrons. The van der Waals surface area contributed by atoms with E-state index in [-0.39, 0.29) is 12.2 Å². The van der Waals surface area contributed by atoms with Crippen molar-refractivity contribution in [2.24, 2.45) is 5.16 Å². The zero-order chi connectivity index (χ0) is 26.6. The average molecular weight is 542 g/mol. The number of aromatic hydroxyl groups is 1. The Morgan fingerprint density at radius 1 is 1.05 bits per heavy atom. The van der Waals surface area contributed by atoms with Crippen molar-refractivity contribution >= 4 is 35.0 Å². The van der Waals surface area contributed by atoms with Gasteiger partial charge >= 0.3 is 5.97 Å². The summed E-state index contributed by atoms with van der Waals surface area (Å²) >= 11 is 7.89. The SMILES string of the molecule is CCCc1c(OCCCSc2ccc(CC(=O)O)cc2Cl)ccc(/C(CCc2ccccc2)=N\O)c1O. The largest absolute Gasteiger partial charge is 0.507 e. The summed E-state index contributed by atoms with van der Waals surface area (Å²) in [5, 5.41) is 33.6. The molecule has 0 unspecified atom stereocenters. The van der Waals surface area contributed by atoms with Crippen molar-refractivity contribution < 1.29 is 25.0 Å². The first kappa shape index (κ1) is 28.4. The van der Waals surface area contributed by atoms with Gasteiger partial charge in [-0.2, -0.15) is 0 Å². The van der Waals surface area contributed by atoms with E-state index in [0.717, 1.165) is 29.1 Å². The number of carboxylic acid groups (broad SMARTS) is 1. The Balaban J connectivity index is 1.58. The Kier molecular flexibility index (Phi) is 11.2. The van der Waals surface area contributed by atoms with Crippen LogP contribution in [-0.4, -0.2) is 39.5 Å². The molecule has 0 saturated heterocycles. The first-order chi connectivity index (χ1) is 17.9. The van der Waals surface area contributed by atoms with Crippen molar-refractivity contribution in [3.05, 3.63) is 87.9 Å².